The SMILES string of the molecule is Cn1cc(S(=O)(=O)NCC(=O)Nc2ccc(F)cc2F)cn1. The van der Waals surface area contributed by atoms with Crippen LogP contribution in [0.25, 0.3) is 0 Å². The molecule has 0 atom stereocenters. The second-order valence-electron chi connectivity index (χ2n) is 4.35. The third-order valence-electron chi connectivity index (χ3n) is 2.62. The summed E-state index contributed by atoms with van der Waals surface area (Å²) in [5.74, 6) is -2.53. The van der Waals surface area contributed by atoms with Gasteiger partial charge < -0.3 is 5.32 Å². The topological polar surface area (TPSA) is 93.1 Å². The molecule has 0 bridgehead atoms. The molecule has 2 N–H and O–H groups in total. The van der Waals surface area contributed by atoms with Gasteiger partial charge in [-0.3, -0.25) is 9.48 Å². The van der Waals surface area contributed by atoms with Gasteiger partial charge in [-0.25, -0.2) is 21.9 Å². The number of carbonyl (C=O) groups is 1. The highest BCUT2D eigenvalue weighted by atomic mass is 32.2. The standard InChI is InChI=1S/C12H12F2N4O3S/c1-18-7-9(5-15-18)22(20,21)16-6-12(19)17-11-3-2-8(13)4-10(11)14/h2-5,7,16H,6H2,1H3,(H,17,19). The number of halogens is 2. The fraction of sp³-hybridized carbons (Fsp3) is 0.167. The van der Waals surface area contributed by atoms with E-state index in [0.717, 1.165) is 18.3 Å². The van der Waals surface area contributed by atoms with Crippen LogP contribution in [-0.2, 0) is 21.9 Å². The summed E-state index contributed by atoms with van der Waals surface area (Å²) in [4.78, 5) is 11.5. The molecule has 2 aromatic rings. The second-order valence-corrected chi connectivity index (χ2v) is 6.11. The van der Waals surface area contributed by atoms with Crippen LogP contribution in [0.15, 0.2) is 35.5 Å². The van der Waals surface area contributed by atoms with E-state index in [0.29, 0.717) is 6.07 Å². The van der Waals surface area contributed by atoms with Crippen LogP contribution in [0.4, 0.5) is 14.5 Å². The largest absolute Gasteiger partial charge is 0.322 e. The lowest BCUT2D eigenvalue weighted by molar-refractivity contribution is -0.115. The third kappa shape index (κ3) is 3.86. The number of benzene rings is 1. The lowest BCUT2D eigenvalue weighted by atomic mass is 10.3. The summed E-state index contributed by atoms with van der Waals surface area (Å²) in [6, 6.07) is 2.62. The molecule has 10 heteroatoms. The number of carbonyl (C=O) groups excluding carboxylic acids is 1. The smallest absolute Gasteiger partial charge is 0.244 e. The molecule has 1 amide bonds. The number of nitrogens with zero attached hydrogens (tertiary/aromatic N) is 2. The van der Waals surface area contributed by atoms with Crippen LogP contribution in [0.1, 0.15) is 0 Å². The Balaban J connectivity index is 1.98. The summed E-state index contributed by atoms with van der Waals surface area (Å²) in [5, 5.41) is 5.85. The molecule has 0 spiro atoms. The predicted octanol–water partition coefficient (Wildman–Crippen LogP) is 0.615. The minimum absolute atomic E-state index is 0.101. The number of amides is 1. The Labute approximate surface area is 125 Å². The molecule has 1 aromatic carbocycles. The van der Waals surface area contributed by atoms with E-state index in [2.05, 4.69) is 10.4 Å². The number of anilines is 1. The highest BCUT2D eigenvalue weighted by molar-refractivity contribution is 7.89. The Kier molecular flexibility index (Phi) is 4.52. The summed E-state index contributed by atoms with van der Waals surface area (Å²) in [6.45, 7) is -0.603. The monoisotopic (exact) mass is 330 g/mol. The molecule has 118 valence electrons. The summed E-state index contributed by atoms with van der Waals surface area (Å²) >= 11 is 0. The average molecular weight is 330 g/mol. The zero-order valence-electron chi connectivity index (χ0n) is 11.4. The number of aromatic nitrogens is 2. The molecule has 7 nitrogen and oxygen atoms in total. The van der Waals surface area contributed by atoms with Crippen molar-refractivity contribution in [3.63, 3.8) is 0 Å². The van der Waals surface area contributed by atoms with Gasteiger partial charge in [0.05, 0.1) is 18.4 Å². The molecule has 2 rings (SSSR count). The van der Waals surface area contributed by atoms with E-state index < -0.39 is 34.1 Å². The Morgan fingerprint density at radius 1 is 1.36 bits per heavy atom. The molecule has 0 saturated heterocycles. The van der Waals surface area contributed by atoms with E-state index in [1.54, 1.807) is 7.05 Å². The Morgan fingerprint density at radius 3 is 2.68 bits per heavy atom. The van der Waals surface area contributed by atoms with Crippen LogP contribution in [0, 0.1) is 11.6 Å². The molecule has 1 heterocycles. The zero-order chi connectivity index (χ0) is 16.3. The van der Waals surface area contributed by atoms with Crippen molar-refractivity contribution in [3.8, 4) is 0 Å². The normalized spacial score (nSPS) is 11.4. The number of hydrogen-bond donors (Lipinski definition) is 2. The highest BCUT2D eigenvalue weighted by Gasteiger charge is 2.17. The summed E-state index contributed by atoms with van der Waals surface area (Å²) in [5.41, 5.74) is -0.244. The molecule has 0 radical (unpaired) electrons. The van der Waals surface area contributed by atoms with Gasteiger partial charge in [0.25, 0.3) is 0 Å². The van der Waals surface area contributed by atoms with E-state index in [9.17, 15) is 22.0 Å². The van der Waals surface area contributed by atoms with Crippen molar-refractivity contribution in [1.82, 2.24) is 14.5 Å². The number of nitrogens with one attached hydrogen (secondary N) is 2. The van der Waals surface area contributed by atoms with Crippen LogP contribution in [0.2, 0.25) is 0 Å². The van der Waals surface area contributed by atoms with Gasteiger partial charge in [0.15, 0.2) is 0 Å². The van der Waals surface area contributed by atoms with Crippen LogP contribution in [-0.4, -0.2) is 30.7 Å². The summed E-state index contributed by atoms with van der Waals surface area (Å²) in [6.07, 6.45) is 2.39. The van der Waals surface area contributed by atoms with Gasteiger partial charge in [-0.2, -0.15) is 5.10 Å². The van der Waals surface area contributed by atoms with Crippen molar-refractivity contribution in [3.05, 3.63) is 42.2 Å². The second kappa shape index (κ2) is 6.20. The van der Waals surface area contributed by atoms with E-state index >= 15 is 0 Å². The third-order valence-corrected chi connectivity index (χ3v) is 3.98. The van der Waals surface area contributed by atoms with Gasteiger partial charge >= 0.3 is 0 Å². The number of sulfonamides is 1. The van der Waals surface area contributed by atoms with Crippen molar-refractivity contribution in [1.29, 1.82) is 0 Å². The van der Waals surface area contributed by atoms with Crippen LogP contribution in [0.3, 0.4) is 0 Å². The Hall–Kier alpha value is -2.33. The van der Waals surface area contributed by atoms with Crippen molar-refractivity contribution >= 4 is 21.6 Å². The number of hydrogen-bond acceptors (Lipinski definition) is 4. The molecule has 0 aliphatic carbocycles. The van der Waals surface area contributed by atoms with Crippen molar-refractivity contribution in [2.24, 2.45) is 7.05 Å². The minimum atomic E-state index is -3.89. The Bertz CT molecular complexity index is 804. The first-order chi connectivity index (χ1) is 10.3. The maximum atomic E-state index is 13.3. The molecule has 1 aromatic heterocycles. The first-order valence-electron chi connectivity index (χ1n) is 6.01. The van der Waals surface area contributed by atoms with Gasteiger partial charge in [-0.05, 0) is 12.1 Å². The molecule has 0 aliphatic heterocycles. The molecular weight excluding hydrogens is 318 g/mol. The van der Waals surface area contributed by atoms with E-state index in [1.807, 2.05) is 4.72 Å². The number of aryl methyl sites for hydroxylation is 1. The quantitative estimate of drug-likeness (QED) is 0.840. The van der Waals surface area contributed by atoms with Gasteiger partial charge in [0.1, 0.15) is 16.5 Å². The maximum absolute atomic E-state index is 13.3. The predicted molar refractivity (Wildman–Crippen MR) is 73.4 cm³/mol. The van der Waals surface area contributed by atoms with Crippen LogP contribution < -0.4 is 10.0 Å². The van der Waals surface area contributed by atoms with Gasteiger partial charge in [-0.1, -0.05) is 0 Å². The average Bonchev–Trinajstić information content (AvgIpc) is 2.87. The minimum Gasteiger partial charge on any atom is -0.322 e. The van der Waals surface area contributed by atoms with Crippen molar-refractivity contribution in [2.45, 2.75) is 4.90 Å². The summed E-state index contributed by atoms with van der Waals surface area (Å²) < 4.78 is 53.1. The van der Waals surface area contributed by atoms with Gasteiger partial charge in [-0.15, -0.1) is 0 Å². The van der Waals surface area contributed by atoms with E-state index in [1.165, 1.54) is 10.9 Å². The fourth-order valence-electron chi connectivity index (χ4n) is 1.57. The first-order valence-corrected chi connectivity index (χ1v) is 7.49. The zero-order valence-corrected chi connectivity index (χ0v) is 12.2. The molecular formula is C12H12F2N4O3S. The lowest BCUT2D eigenvalue weighted by Crippen LogP contribution is -2.33. The molecule has 0 unspecified atom stereocenters. The molecule has 0 aliphatic rings. The first kappa shape index (κ1) is 16.0. The van der Waals surface area contributed by atoms with E-state index in [-0.39, 0.29) is 10.6 Å². The molecule has 22 heavy (non-hydrogen) atoms. The van der Waals surface area contributed by atoms with Gasteiger partial charge in [0.2, 0.25) is 15.9 Å². The molecule has 0 saturated carbocycles. The van der Waals surface area contributed by atoms with E-state index in [4.69, 9.17) is 0 Å². The van der Waals surface area contributed by atoms with Crippen LogP contribution >= 0.6 is 0 Å². The Morgan fingerprint density at radius 2 is 2.09 bits per heavy atom. The summed E-state index contributed by atoms with van der Waals surface area (Å²) in [7, 11) is -2.35. The van der Waals surface area contributed by atoms with Crippen molar-refractivity contribution < 1.29 is 22.0 Å². The van der Waals surface area contributed by atoms with Crippen LogP contribution in [0.5, 0.6) is 0 Å². The maximum Gasteiger partial charge on any atom is 0.244 e. The van der Waals surface area contributed by atoms with Crippen molar-refractivity contribution in [2.75, 3.05) is 11.9 Å². The highest BCUT2D eigenvalue weighted by Crippen LogP contribution is 2.14. The van der Waals surface area contributed by atoms with Gasteiger partial charge in [0, 0.05) is 19.3 Å². The number of rotatable bonds is 5. The fourth-order valence-corrected chi connectivity index (χ4v) is 2.53. The molecule has 0 fully saturated rings. The lowest BCUT2D eigenvalue weighted by Gasteiger charge is -2.07.